The van der Waals surface area contributed by atoms with E-state index in [1.807, 2.05) is 0 Å². The van der Waals surface area contributed by atoms with Crippen LogP contribution in [0, 0.1) is 22.0 Å². The number of hydrogen-bond donors (Lipinski definition) is 1. The minimum Gasteiger partial charge on any atom is -0.390 e. The topological polar surface area (TPSA) is 84.4 Å². The highest BCUT2D eigenvalue weighted by Crippen LogP contribution is 2.23. The first-order chi connectivity index (χ1) is 10.9. The van der Waals surface area contributed by atoms with Crippen LogP contribution in [0.15, 0.2) is 12.4 Å². The van der Waals surface area contributed by atoms with Crippen molar-refractivity contribution in [2.75, 3.05) is 19.6 Å². The molecule has 0 amide bonds. The van der Waals surface area contributed by atoms with Crippen molar-refractivity contribution in [3.05, 3.63) is 22.5 Å². The van der Waals surface area contributed by atoms with Gasteiger partial charge in [-0.2, -0.15) is 5.10 Å². The molecule has 0 bridgehead atoms. The van der Waals surface area contributed by atoms with E-state index in [4.69, 9.17) is 0 Å². The molecule has 7 heteroatoms. The van der Waals surface area contributed by atoms with Gasteiger partial charge in [-0.1, -0.05) is 20.3 Å². The molecule has 1 aliphatic heterocycles. The molecule has 1 aliphatic rings. The number of rotatable bonds is 8. The Labute approximate surface area is 137 Å². The third-order valence-electron chi connectivity index (χ3n) is 4.45. The molecule has 0 radical (unpaired) electrons. The maximum absolute atomic E-state index is 10.6. The lowest BCUT2D eigenvalue weighted by molar-refractivity contribution is -0.385. The van der Waals surface area contributed by atoms with Crippen molar-refractivity contribution in [1.82, 2.24) is 14.7 Å². The lowest BCUT2D eigenvalue weighted by atomic mass is 9.90. The Kier molecular flexibility index (Phi) is 6.53. The quantitative estimate of drug-likeness (QED) is 0.586. The number of likely N-dealkylation sites (tertiary alicyclic amines) is 1. The number of aliphatic hydroxyl groups excluding tert-OH is 1. The predicted octanol–water partition coefficient (Wildman–Crippen LogP) is 2.30. The van der Waals surface area contributed by atoms with Gasteiger partial charge in [-0.25, -0.2) is 0 Å². The number of nitro groups is 1. The van der Waals surface area contributed by atoms with Gasteiger partial charge in [-0.15, -0.1) is 0 Å². The van der Waals surface area contributed by atoms with Gasteiger partial charge in [0.1, 0.15) is 12.4 Å². The van der Waals surface area contributed by atoms with Gasteiger partial charge in [-0.05, 0) is 37.6 Å². The van der Waals surface area contributed by atoms with E-state index in [-0.39, 0.29) is 5.69 Å². The zero-order valence-corrected chi connectivity index (χ0v) is 14.1. The Morgan fingerprint density at radius 1 is 1.48 bits per heavy atom. The molecule has 130 valence electrons. The summed E-state index contributed by atoms with van der Waals surface area (Å²) in [5.41, 5.74) is -0.0380. The minimum absolute atomic E-state index is 0.0380. The van der Waals surface area contributed by atoms with Crippen LogP contribution in [-0.2, 0) is 6.54 Å². The highest BCUT2D eigenvalue weighted by molar-refractivity contribution is 5.20. The van der Waals surface area contributed by atoms with Crippen LogP contribution in [0.5, 0.6) is 0 Å². The molecular weight excluding hydrogens is 296 g/mol. The molecule has 0 aliphatic carbocycles. The van der Waals surface area contributed by atoms with E-state index in [0.29, 0.717) is 13.1 Å². The van der Waals surface area contributed by atoms with Crippen LogP contribution in [0.4, 0.5) is 5.69 Å². The molecule has 0 aromatic carbocycles. The summed E-state index contributed by atoms with van der Waals surface area (Å²) < 4.78 is 1.45. The fraction of sp³-hybridized carbons (Fsp3) is 0.812. The summed E-state index contributed by atoms with van der Waals surface area (Å²) in [6.07, 6.45) is 7.01. The third kappa shape index (κ3) is 5.91. The lowest BCUT2D eigenvalue weighted by Gasteiger charge is -2.34. The number of piperidine rings is 1. The first kappa shape index (κ1) is 17.9. The van der Waals surface area contributed by atoms with Gasteiger partial charge in [0.15, 0.2) is 0 Å². The maximum Gasteiger partial charge on any atom is 0.306 e. The average molecular weight is 324 g/mol. The van der Waals surface area contributed by atoms with Gasteiger partial charge in [0.05, 0.1) is 17.6 Å². The number of hydrogen-bond acceptors (Lipinski definition) is 5. The van der Waals surface area contributed by atoms with E-state index in [0.717, 1.165) is 24.9 Å². The first-order valence-electron chi connectivity index (χ1n) is 8.51. The third-order valence-corrected chi connectivity index (χ3v) is 4.45. The summed E-state index contributed by atoms with van der Waals surface area (Å²) in [4.78, 5) is 12.5. The van der Waals surface area contributed by atoms with Gasteiger partial charge in [0.25, 0.3) is 0 Å². The van der Waals surface area contributed by atoms with Crippen LogP contribution in [0.2, 0.25) is 0 Å². The Balaban J connectivity index is 1.77. The van der Waals surface area contributed by atoms with Crippen molar-refractivity contribution in [3.8, 4) is 0 Å². The van der Waals surface area contributed by atoms with E-state index < -0.39 is 11.0 Å². The first-order valence-corrected chi connectivity index (χ1v) is 8.51. The van der Waals surface area contributed by atoms with Crippen molar-refractivity contribution in [1.29, 1.82) is 0 Å². The SMILES string of the molecule is CC(C)CCC1CCCN(CC(O)Cn2cc([N+](=O)[O-])cn2)C1. The van der Waals surface area contributed by atoms with Crippen LogP contribution in [0.25, 0.3) is 0 Å². The van der Waals surface area contributed by atoms with Crippen LogP contribution in [-0.4, -0.2) is 50.4 Å². The van der Waals surface area contributed by atoms with Crippen LogP contribution in [0.3, 0.4) is 0 Å². The lowest BCUT2D eigenvalue weighted by Crippen LogP contribution is -2.41. The molecule has 23 heavy (non-hydrogen) atoms. The molecule has 1 N–H and O–H groups in total. The van der Waals surface area contributed by atoms with Crippen LogP contribution < -0.4 is 0 Å². The van der Waals surface area contributed by atoms with Gasteiger partial charge in [-0.3, -0.25) is 14.8 Å². The summed E-state index contributed by atoms with van der Waals surface area (Å²) in [7, 11) is 0. The molecule has 7 nitrogen and oxygen atoms in total. The monoisotopic (exact) mass is 324 g/mol. The molecule has 2 heterocycles. The summed E-state index contributed by atoms with van der Waals surface area (Å²) >= 11 is 0. The largest absolute Gasteiger partial charge is 0.390 e. The van der Waals surface area contributed by atoms with Crippen molar-refractivity contribution in [2.45, 2.75) is 52.2 Å². The highest BCUT2D eigenvalue weighted by Gasteiger charge is 2.22. The van der Waals surface area contributed by atoms with Crippen LogP contribution >= 0.6 is 0 Å². The van der Waals surface area contributed by atoms with E-state index in [2.05, 4.69) is 23.8 Å². The van der Waals surface area contributed by atoms with Gasteiger partial charge in [0.2, 0.25) is 0 Å². The Morgan fingerprint density at radius 3 is 2.91 bits per heavy atom. The number of aromatic nitrogens is 2. The Morgan fingerprint density at radius 2 is 2.26 bits per heavy atom. The molecule has 0 saturated carbocycles. The molecule has 2 unspecified atom stereocenters. The van der Waals surface area contributed by atoms with E-state index in [1.165, 1.54) is 42.8 Å². The Hall–Kier alpha value is -1.47. The van der Waals surface area contributed by atoms with E-state index in [9.17, 15) is 15.2 Å². The predicted molar refractivity (Wildman–Crippen MR) is 88.1 cm³/mol. The zero-order valence-electron chi connectivity index (χ0n) is 14.1. The molecule has 1 saturated heterocycles. The van der Waals surface area contributed by atoms with Gasteiger partial charge in [0, 0.05) is 13.1 Å². The summed E-state index contributed by atoms with van der Waals surface area (Å²) in [6, 6.07) is 0. The van der Waals surface area contributed by atoms with E-state index in [1.54, 1.807) is 0 Å². The molecular formula is C16H28N4O3. The number of aliphatic hydroxyl groups is 1. The average Bonchev–Trinajstić information content (AvgIpc) is 2.94. The highest BCUT2D eigenvalue weighted by atomic mass is 16.6. The van der Waals surface area contributed by atoms with Crippen LogP contribution in [0.1, 0.15) is 39.5 Å². The second-order valence-corrected chi connectivity index (χ2v) is 7.07. The van der Waals surface area contributed by atoms with Crippen molar-refractivity contribution < 1.29 is 10.0 Å². The molecule has 2 atom stereocenters. The molecule has 0 spiro atoms. The molecule has 1 aromatic heterocycles. The van der Waals surface area contributed by atoms with Crippen molar-refractivity contribution in [2.24, 2.45) is 11.8 Å². The number of β-amino-alcohol motifs (C(OH)–C–C–N with tert-alkyl or cyclic N) is 1. The smallest absolute Gasteiger partial charge is 0.306 e. The van der Waals surface area contributed by atoms with Gasteiger partial charge >= 0.3 is 5.69 Å². The Bertz CT molecular complexity index is 503. The fourth-order valence-corrected chi connectivity index (χ4v) is 3.24. The standard InChI is InChI=1S/C16H28N4O3/c1-13(2)5-6-14-4-3-7-18(9-14)11-16(21)12-19-10-15(8-17-19)20(22)23/h8,10,13-14,16,21H,3-7,9,11-12H2,1-2H3. The zero-order chi connectivity index (χ0) is 16.8. The normalized spacial score (nSPS) is 20.8. The molecule has 2 rings (SSSR count). The molecule has 1 aromatic rings. The van der Waals surface area contributed by atoms with E-state index >= 15 is 0 Å². The second kappa shape index (κ2) is 8.40. The number of nitrogens with zero attached hydrogens (tertiary/aromatic N) is 4. The summed E-state index contributed by atoms with van der Waals surface area (Å²) in [5, 5.41) is 24.8. The second-order valence-electron chi connectivity index (χ2n) is 7.07. The molecule has 1 fully saturated rings. The van der Waals surface area contributed by atoms with Crippen molar-refractivity contribution in [3.63, 3.8) is 0 Å². The van der Waals surface area contributed by atoms with Crippen molar-refractivity contribution >= 4 is 5.69 Å². The fourth-order valence-electron chi connectivity index (χ4n) is 3.24. The maximum atomic E-state index is 10.6. The van der Waals surface area contributed by atoms with Gasteiger partial charge < -0.3 is 10.0 Å². The summed E-state index contributed by atoms with van der Waals surface area (Å²) in [5.74, 6) is 1.47. The summed E-state index contributed by atoms with van der Waals surface area (Å²) in [6.45, 7) is 7.48. The minimum atomic E-state index is -0.557.